The zero-order chi connectivity index (χ0) is 30.2. The van der Waals surface area contributed by atoms with Gasteiger partial charge >= 0.3 is 0 Å². The van der Waals surface area contributed by atoms with Crippen LogP contribution in [0.5, 0.6) is 0 Å². The maximum absolute atomic E-state index is 6.27. The summed E-state index contributed by atoms with van der Waals surface area (Å²) in [6, 6.07) is 60.2. The predicted octanol–water partition coefficient (Wildman–Crippen LogP) is 12.0. The van der Waals surface area contributed by atoms with Crippen LogP contribution in [-0.4, -0.2) is 7.05 Å². The smallest absolute Gasteiger partial charge is 0.143 e. The molecule has 0 N–H and O–H groups in total. The number of furan rings is 1. The molecule has 2 heteroatoms. The fourth-order valence-electron chi connectivity index (χ4n) is 6.21. The summed E-state index contributed by atoms with van der Waals surface area (Å²) in [5.74, 6) is 0. The van der Waals surface area contributed by atoms with Crippen molar-refractivity contribution in [3.63, 3.8) is 0 Å². The Morgan fingerprint density at radius 1 is 0.356 bits per heavy atom. The van der Waals surface area contributed by atoms with E-state index in [2.05, 4.69) is 170 Å². The highest BCUT2D eigenvalue weighted by Gasteiger charge is 2.12. The molecule has 0 aliphatic heterocycles. The maximum Gasteiger partial charge on any atom is 0.143 e. The van der Waals surface area contributed by atoms with Gasteiger partial charge in [-0.05, 0) is 69.3 Å². The summed E-state index contributed by atoms with van der Waals surface area (Å²) >= 11 is 0. The Hall–Kier alpha value is -5.86. The van der Waals surface area contributed by atoms with Crippen LogP contribution in [0.3, 0.4) is 0 Å². The number of fused-ring (bicyclic) bond motifs is 3. The van der Waals surface area contributed by atoms with Crippen molar-refractivity contribution in [2.24, 2.45) is 0 Å². The summed E-state index contributed by atoms with van der Waals surface area (Å²) in [6.07, 6.45) is 0. The largest absolute Gasteiger partial charge is 0.455 e. The van der Waals surface area contributed by atoms with Gasteiger partial charge in [0.15, 0.2) is 0 Å². The first kappa shape index (κ1) is 26.7. The van der Waals surface area contributed by atoms with Crippen LogP contribution in [0, 0.1) is 0 Å². The standard InChI is InChI=1S/C43H31NO/c1-44(37-26-22-34(23-27-37)32-16-14-31(15-17-32)30-8-3-2-4-9-30)38-28-24-35(25-29-38)33-18-20-36(21-19-33)39-11-7-12-41-40-10-5-6-13-42(40)45-43(39)41/h2-29H,1H3. The molecule has 2 nitrogen and oxygen atoms in total. The summed E-state index contributed by atoms with van der Waals surface area (Å²) < 4.78 is 6.27. The second-order valence-electron chi connectivity index (χ2n) is 11.5. The van der Waals surface area contributed by atoms with Gasteiger partial charge in [0.25, 0.3) is 0 Å². The van der Waals surface area contributed by atoms with Gasteiger partial charge in [0.1, 0.15) is 11.2 Å². The van der Waals surface area contributed by atoms with Crippen molar-refractivity contribution < 1.29 is 4.42 Å². The molecule has 1 heterocycles. The Bertz CT molecular complexity index is 2230. The molecule has 0 saturated heterocycles. The fraction of sp³-hybridized carbons (Fsp3) is 0.0233. The van der Waals surface area contributed by atoms with E-state index in [0.29, 0.717) is 0 Å². The van der Waals surface area contributed by atoms with Gasteiger partial charge in [0, 0.05) is 34.8 Å². The molecular formula is C43H31NO. The number of anilines is 2. The predicted molar refractivity (Wildman–Crippen MR) is 190 cm³/mol. The van der Waals surface area contributed by atoms with Crippen LogP contribution in [-0.2, 0) is 0 Å². The van der Waals surface area contributed by atoms with Gasteiger partial charge < -0.3 is 9.32 Å². The lowest BCUT2D eigenvalue weighted by Crippen LogP contribution is -2.08. The molecule has 0 spiro atoms. The van der Waals surface area contributed by atoms with Crippen LogP contribution in [0.1, 0.15) is 0 Å². The third kappa shape index (κ3) is 5.07. The lowest BCUT2D eigenvalue weighted by molar-refractivity contribution is 0.670. The first-order chi connectivity index (χ1) is 22.2. The molecule has 1 aromatic heterocycles. The van der Waals surface area contributed by atoms with E-state index in [1.54, 1.807) is 0 Å². The molecule has 0 atom stereocenters. The van der Waals surface area contributed by atoms with E-state index in [1.165, 1.54) is 33.4 Å². The number of benzene rings is 7. The van der Waals surface area contributed by atoms with Gasteiger partial charge in [0.2, 0.25) is 0 Å². The molecule has 45 heavy (non-hydrogen) atoms. The number of hydrogen-bond acceptors (Lipinski definition) is 2. The van der Waals surface area contributed by atoms with Gasteiger partial charge in [0.05, 0.1) is 0 Å². The minimum absolute atomic E-state index is 0.923. The van der Waals surface area contributed by atoms with E-state index in [9.17, 15) is 0 Å². The third-order valence-electron chi connectivity index (χ3n) is 8.77. The average Bonchev–Trinajstić information content (AvgIpc) is 3.51. The second kappa shape index (κ2) is 11.3. The molecule has 0 bridgehead atoms. The highest BCUT2D eigenvalue weighted by atomic mass is 16.3. The van der Waals surface area contributed by atoms with Crippen LogP contribution < -0.4 is 4.90 Å². The summed E-state index contributed by atoms with van der Waals surface area (Å²) in [5.41, 5.74) is 13.7. The minimum atomic E-state index is 0.923. The van der Waals surface area contributed by atoms with Crippen LogP contribution in [0.25, 0.3) is 66.4 Å². The van der Waals surface area contributed by atoms with E-state index in [1.807, 2.05) is 12.1 Å². The first-order valence-corrected chi connectivity index (χ1v) is 15.3. The molecule has 0 aliphatic carbocycles. The Morgan fingerprint density at radius 2 is 0.778 bits per heavy atom. The molecule has 8 rings (SSSR count). The average molecular weight is 578 g/mol. The van der Waals surface area contributed by atoms with E-state index in [4.69, 9.17) is 4.42 Å². The van der Waals surface area contributed by atoms with E-state index < -0.39 is 0 Å². The lowest BCUT2D eigenvalue weighted by Gasteiger charge is -2.20. The van der Waals surface area contributed by atoms with Gasteiger partial charge in [-0.25, -0.2) is 0 Å². The van der Waals surface area contributed by atoms with Crippen LogP contribution >= 0.6 is 0 Å². The van der Waals surface area contributed by atoms with Crippen molar-refractivity contribution in [3.8, 4) is 44.5 Å². The second-order valence-corrected chi connectivity index (χ2v) is 11.5. The summed E-state index contributed by atoms with van der Waals surface area (Å²) in [7, 11) is 2.12. The van der Waals surface area contributed by atoms with Crippen molar-refractivity contribution in [2.75, 3.05) is 11.9 Å². The quantitative estimate of drug-likeness (QED) is 0.195. The number of nitrogens with zero attached hydrogens (tertiary/aromatic N) is 1. The lowest BCUT2D eigenvalue weighted by atomic mass is 9.98. The zero-order valence-corrected chi connectivity index (χ0v) is 25.0. The Balaban J connectivity index is 0.981. The highest BCUT2D eigenvalue weighted by Crippen LogP contribution is 2.37. The molecule has 0 radical (unpaired) electrons. The Morgan fingerprint density at radius 3 is 1.33 bits per heavy atom. The van der Waals surface area contributed by atoms with Gasteiger partial charge in [-0.2, -0.15) is 0 Å². The van der Waals surface area contributed by atoms with E-state index in [-0.39, 0.29) is 0 Å². The first-order valence-electron chi connectivity index (χ1n) is 15.3. The fourth-order valence-corrected chi connectivity index (χ4v) is 6.21. The third-order valence-corrected chi connectivity index (χ3v) is 8.77. The number of hydrogen-bond donors (Lipinski definition) is 0. The zero-order valence-electron chi connectivity index (χ0n) is 25.0. The number of para-hydroxylation sites is 2. The molecule has 214 valence electrons. The van der Waals surface area contributed by atoms with Crippen molar-refractivity contribution >= 4 is 33.3 Å². The van der Waals surface area contributed by atoms with Crippen LogP contribution in [0.2, 0.25) is 0 Å². The van der Waals surface area contributed by atoms with Gasteiger partial charge in [-0.15, -0.1) is 0 Å². The molecule has 8 aromatic rings. The normalized spacial score (nSPS) is 11.2. The van der Waals surface area contributed by atoms with E-state index >= 15 is 0 Å². The SMILES string of the molecule is CN(c1ccc(-c2ccc(-c3ccccc3)cc2)cc1)c1ccc(-c2ccc(-c3cccc4c3oc3ccccc34)cc2)cc1. The Labute approximate surface area is 263 Å². The van der Waals surface area contributed by atoms with Crippen molar-refractivity contribution in [2.45, 2.75) is 0 Å². The Kier molecular flexibility index (Phi) is 6.73. The van der Waals surface area contributed by atoms with Crippen LogP contribution in [0.15, 0.2) is 174 Å². The molecule has 0 amide bonds. The van der Waals surface area contributed by atoms with Crippen molar-refractivity contribution in [3.05, 3.63) is 170 Å². The molecule has 7 aromatic carbocycles. The van der Waals surface area contributed by atoms with Gasteiger partial charge in [-0.3, -0.25) is 0 Å². The number of rotatable bonds is 6. The van der Waals surface area contributed by atoms with Crippen molar-refractivity contribution in [1.82, 2.24) is 0 Å². The maximum atomic E-state index is 6.27. The van der Waals surface area contributed by atoms with Gasteiger partial charge in [-0.1, -0.05) is 140 Å². The minimum Gasteiger partial charge on any atom is -0.455 e. The van der Waals surface area contributed by atoms with Crippen molar-refractivity contribution in [1.29, 1.82) is 0 Å². The highest BCUT2D eigenvalue weighted by molar-refractivity contribution is 6.09. The molecule has 0 fully saturated rings. The van der Waals surface area contributed by atoms with E-state index in [0.717, 1.165) is 44.4 Å². The van der Waals surface area contributed by atoms with Crippen LogP contribution in [0.4, 0.5) is 11.4 Å². The summed E-state index contributed by atoms with van der Waals surface area (Å²) in [6.45, 7) is 0. The molecule has 0 unspecified atom stereocenters. The summed E-state index contributed by atoms with van der Waals surface area (Å²) in [4.78, 5) is 2.23. The monoisotopic (exact) mass is 577 g/mol. The molecule has 0 aliphatic rings. The summed E-state index contributed by atoms with van der Waals surface area (Å²) in [5, 5.41) is 2.31. The molecular weight excluding hydrogens is 546 g/mol. The molecule has 0 saturated carbocycles. The topological polar surface area (TPSA) is 16.4 Å².